The van der Waals surface area contributed by atoms with Crippen molar-refractivity contribution >= 4 is 32.6 Å². The highest BCUT2D eigenvalue weighted by Crippen LogP contribution is 2.29. The van der Waals surface area contributed by atoms with Crippen LogP contribution in [0, 0.1) is 0 Å². The number of fused-ring (bicyclic) bond motifs is 1. The number of rotatable bonds is 6. The molecule has 1 aromatic heterocycles. The summed E-state index contributed by atoms with van der Waals surface area (Å²) in [5.74, 6) is 0.843. The van der Waals surface area contributed by atoms with Gasteiger partial charge in [0.05, 0.1) is 16.8 Å². The third-order valence-electron chi connectivity index (χ3n) is 2.45. The predicted octanol–water partition coefficient (Wildman–Crippen LogP) is 2.24. The fourth-order valence-electron chi connectivity index (χ4n) is 1.64. The van der Waals surface area contributed by atoms with Crippen molar-refractivity contribution in [2.24, 2.45) is 0 Å². The van der Waals surface area contributed by atoms with E-state index in [1.54, 1.807) is 11.3 Å². The molecule has 1 aromatic carbocycles. The Morgan fingerprint density at radius 3 is 3.00 bits per heavy atom. The van der Waals surface area contributed by atoms with E-state index in [-0.39, 0.29) is 5.91 Å². The van der Waals surface area contributed by atoms with Gasteiger partial charge in [0.15, 0.2) is 5.13 Å². The molecule has 5 nitrogen and oxygen atoms in total. The lowest BCUT2D eigenvalue weighted by molar-refractivity contribution is -0.118. The molecule has 0 saturated heterocycles. The summed E-state index contributed by atoms with van der Waals surface area (Å²) in [4.78, 5) is 15.2. The van der Waals surface area contributed by atoms with E-state index in [0.717, 1.165) is 21.1 Å². The number of anilines is 1. The second kappa shape index (κ2) is 6.38. The first kappa shape index (κ1) is 13.6. The smallest absolute Gasteiger partial charge is 0.216 e. The minimum atomic E-state index is -0.0209. The average Bonchev–Trinajstić information content (AvgIpc) is 2.77. The van der Waals surface area contributed by atoms with Crippen molar-refractivity contribution in [1.29, 1.82) is 0 Å². The number of carbonyl (C=O) groups is 1. The largest absolute Gasteiger partial charge is 0.494 e. The zero-order valence-electron chi connectivity index (χ0n) is 11.0. The zero-order valence-corrected chi connectivity index (χ0v) is 11.8. The molecule has 0 aliphatic rings. The summed E-state index contributed by atoms with van der Waals surface area (Å²) in [6, 6.07) is 5.87. The van der Waals surface area contributed by atoms with Crippen LogP contribution in [0.15, 0.2) is 18.2 Å². The highest BCUT2D eigenvalue weighted by Gasteiger charge is 2.04. The molecule has 0 bridgehead atoms. The zero-order chi connectivity index (χ0) is 13.7. The van der Waals surface area contributed by atoms with Gasteiger partial charge in [-0.1, -0.05) is 11.3 Å². The number of carbonyl (C=O) groups excluding carboxylic acids is 1. The molecule has 0 atom stereocenters. The molecule has 0 radical (unpaired) electrons. The SMILES string of the molecule is CCOc1ccc2nc(NCCNC(C)=O)sc2c1. The van der Waals surface area contributed by atoms with Crippen LogP contribution < -0.4 is 15.4 Å². The fraction of sp³-hybridized carbons (Fsp3) is 0.385. The van der Waals surface area contributed by atoms with Gasteiger partial charge in [0.2, 0.25) is 5.91 Å². The van der Waals surface area contributed by atoms with Crippen LogP contribution >= 0.6 is 11.3 Å². The van der Waals surface area contributed by atoms with Gasteiger partial charge in [0.25, 0.3) is 0 Å². The Labute approximate surface area is 116 Å². The molecule has 19 heavy (non-hydrogen) atoms. The van der Waals surface area contributed by atoms with Crippen LogP contribution in [0.2, 0.25) is 0 Å². The predicted molar refractivity (Wildman–Crippen MR) is 78.0 cm³/mol. The summed E-state index contributed by atoms with van der Waals surface area (Å²) >= 11 is 1.58. The highest BCUT2D eigenvalue weighted by molar-refractivity contribution is 7.22. The molecule has 0 fully saturated rings. The standard InChI is InChI=1S/C13H17N3O2S/c1-3-18-10-4-5-11-12(8-10)19-13(16-11)15-7-6-14-9(2)17/h4-5,8H,3,6-7H2,1-2H3,(H,14,17)(H,15,16). The number of aromatic nitrogens is 1. The Balaban J connectivity index is 1.98. The first-order valence-electron chi connectivity index (χ1n) is 6.20. The van der Waals surface area contributed by atoms with E-state index in [9.17, 15) is 4.79 Å². The van der Waals surface area contributed by atoms with Crippen LogP contribution in [0.4, 0.5) is 5.13 Å². The maximum absolute atomic E-state index is 10.7. The van der Waals surface area contributed by atoms with Gasteiger partial charge in [-0.15, -0.1) is 0 Å². The summed E-state index contributed by atoms with van der Waals surface area (Å²) in [5, 5.41) is 6.78. The number of benzene rings is 1. The summed E-state index contributed by atoms with van der Waals surface area (Å²) in [6.45, 7) is 5.39. The Morgan fingerprint density at radius 2 is 2.26 bits per heavy atom. The van der Waals surface area contributed by atoms with Crippen molar-refractivity contribution in [2.75, 3.05) is 25.0 Å². The Morgan fingerprint density at radius 1 is 1.42 bits per heavy atom. The van der Waals surface area contributed by atoms with Gasteiger partial charge in [0, 0.05) is 20.0 Å². The number of ether oxygens (including phenoxy) is 1. The molecule has 2 rings (SSSR count). The molecule has 2 aromatic rings. The van der Waals surface area contributed by atoms with Gasteiger partial charge in [0.1, 0.15) is 5.75 Å². The summed E-state index contributed by atoms with van der Waals surface area (Å²) in [7, 11) is 0. The van der Waals surface area contributed by atoms with E-state index < -0.39 is 0 Å². The average molecular weight is 279 g/mol. The molecular formula is C13H17N3O2S. The van der Waals surface area contributed by atoms with Crippen molar-refractivity contribution in [3.8, 4) is 5.75 Å². The molecule has 0 unspecified atom stereocenters. The minimum Gasteiger partial charge on any atom is -0.494 e. The second-order valence-corrected chi connectivity index (χ2v) is 5.02. The maximum Gasteiger partial charge on any atom is 0.216 e. The van der Waals surface area contributed by atoms with Gasteiger partial charge in [-0.25, -0.2) is 4.98 Å². The first-order chi connectivity index (χ1) is 9.19. The van der Waals surface area contributed by atoms with Crippen LogP contribution in [-0.4, -0.2) is 30.6 Å². The van der Waals surface area contributed by atoms with E-state index in [4.69, 9.17) is 4.74 Å². The van der Waals surface area contributed by atoms with Crippen LogP contribution in [-0.2, 0) is 4.79 Å². The van der Waals surface area contributed by atoms with Crippen molar-refractivity contribution in [1.82, 2.24) is 10.3 Å². The molecule has 1 amide bonds. The molecule has 0 saturated carbocycles. The van der Waals surface area contributed by atoms with Crippen molar-refractivity contribution in [2.45, 2.75) is 13.8 Å². The van der Waals surface area contributed by atoms with Crippen LogP contribution in [0.25, 0.3) is 10.2 Å². The molecule has 0 aliphatic heterocycles. The number of thiazole rings is 1. The number of hydrogen-bond donors (Lipinski definition) is 2. The van der Waals surface area contributed by atoms with Crippen molar-refractivity contribution in [3.63, 3.8) is 0 Å². The van der Waals surface area contributed by atoms with Gasteiger partial charge >= 0.3 is 0 Å². The van der Waals surface area contributed by atoms with Crippen molar-refractivity contribution in [3.05, 3.63) is 18.2 Å². The number of nitrogens with one attached hydrogen (secondary N) is 2. The number of hydrogen-bond acceptors (Lipinski definition) is 5. The Kier molecular flexibility index (Phi) is 4.57. The fourth-order valence-corrected chi connectivity index (χ4v) is 2.56. The molecule has 102 valence electrons. The second-order valence-electron chi connectivity index (χ2n) is 3.99. The summed E-state index contributed by atoms with van der Waals surface area (Å²) in [6.07, 6.45) is 0. The highest BCUT2D eigenvalue weighted by atomic mass is 32.1. The van der Waals surface area contributed by atoms with E-state index in [1.807, 2.05) is 25.1 Å². The minimum absolute atomic E-state index is 0.0209. The van der Waals surface area contributed by atoms with Crippen LogP contribution in [0.3, 0.4) is 0 Å². The van der Waals surface area contributed by atoms with E-state index in [2.05, 4.69) is 15.6 Å². The molecule has 6 heteroatoms. The lowest BCUT2D eigenvalue weighted by atomic mass is 10.3. The first-order valence-corrected chi connectivity index (χ1v) is 7.02. The molecule has 1 heterocycles. The lowest BCUT2D eigenvalue weighted by Crippen LogP contribution is -2.26. The topological polar surface area (TPSA) is 63.2 Å². The van der Waals surface area contributed by atoms with Gasteiger partial charge in [-0.05, 0) is 25.1 Å². The molecule has 0 spiro atoms. The van der Waals surface area contributed by atoms with Gasteiger partial charge < -0.3 is 15.4 Å². The lowest BCUT2D eigenvalue weighted by Gasteiger charge is -2.02. The molecule has 2 N–H and O–H groups in total. The monoisotopic (exact) mass is 279 g/mol. The van der Waals surface area contributed by atoms with E-state index in [0.29, 0.717) is 19.7 Å². The summed E-state index contributed by atoms with van der Waals surface area (Å²) in [5.41, 5.74) is 0.954. The van der Waals surface area contributed by atoms with Crippen molar-refractivity contribution < 1.29 is 9.53 Å². The van der Waals surface area contributed by atoms with Gasteiger partial charge in [-0.2, -0.15) is 0 Å². The van der Waals surface area contributed by atoms with Crippen LogP contribution in [0.5, 0.6) is 5.75 Å². The quantitative estimate of drug-likeness (QED) is 0.796. The normalized spacial score (nSPS) is 10.4. The Bertz CT molecular complexity index is 568. The van der Waals surface area contributed by atoms with E-state index >= 15 is 0 Å². The number of nitrogens with zero attached hydrogens (tertiary/aromatic N) is 1. The number of amides is 1. The molecule has 0 aliphatic carbocycles. The van der Waals surface area contributed by atoms with E-state index in [1.165, 1.54) is 6.92 Å². The third kappa shape index (κ3) is 3.82. The Hall–Kier alpha value is -1.82. The summed E-state index contributed by atoms with van der Waals surface area (Å²) < 4.78 is 6.55. The van der Waals surface area contributed by atoms with Crippen LogP contribution in [0.1, 0.15) is 13.8 Å². The maximum atomic E-state index is 10.7. The third-order valence-corrected chi connectivity index (χ3v) is 3.42. The van der Waals surface area contributed by atoms with Gasteiger partial charge in [-0.3, -0.25) is 4.79 Å². The molecular weight excluding hydrogens is 262 g/mol.